The van der Waals surface area contributed by atoms with Crippen molar-refractivity contribution in [2.75, 3.05) is 47.5 Å². The van der Waals surface area contributed by atoms with Crippen LogP contribution in [0.4, 0.5) is 0 Å². The van der Waals surface area contributed by atoms with Crippen LogP contribution in [-0.4, -0.2) is 74.9 Å². The third-order valence-corrected chi connectivity index (χ3v) is 10.6. The maximum Gasteiger partial charge on any atom is 0.472 e. The van der Waals surface area contributed by atoms with E-state index in [-0.39, 0.29) is 32.0 Å². The minimum Gasteiger partial charge on any atom is -0.462 e. The largest absolute Gasteiger partial charge is 0.472 e. The van der Waals surface area contributed by atoms with Crippen molar-refractivity contribution in [2.45, 2.75) is 200 Å². The fourth-order valence-electron chi connectivity index (χ4n) is 6.04. The molecular formula is C46H87NO8P+. The van der Waals surface area contributed by atoms with Gasteiger partial charge in [-0.2, -0.15) is 0 Å². The Morgan fingerprint density at radius 3 is 1.46 bits per heavy atom. The minimum atomic E-state index is -4.38. The number of esters is 2. The van der Waals surface area contributed by atoms with Crippen LogP contribution in [0.5, 0.6) is 0 Å². The topological polar surface area (TPSA) is 108 Å². The van der Waals surface area contributed by atoms with Gasteiger partial charge >= 0.3 is 19.8 Å². The van der Waals surface area contributed by atoms with E-state index >= 15 is 0 Å². The Balaban J connectivity index is 4.36. The number of hydrogen-bond donors (Lipinski definition) is 1. The molecule has 0 aliphatic rings. The Bertz CT molecular complexity index is 1050. The van der Waals surface area contributed by atoms with Gasteiger partial charge in [0.1, 0.15) is 19.8 Å². The SMILES string of the molecule is CCCCC/C=C\C/C=C\CCCCCCCC(=O)OC[C@H](COP(=O)(O)OCC[N+](C)(C)C)OC(=O)CCCCCCCCCCC/C=C\CCCCCC. The van der Waals surface area contributed by atoms with Gasteiger partial charge in [0, 0.05) is 12.8 Å². The molecule has 0 aliphatic heterocycles. The second-order valence-electron chi connectivity index (χ2n) is 16.4. The highest BCUT2D eigenvalue weighted by molar-refractivity contribution is 7.47. The van der Waals surface area contributed by atoms with Crippen molar-refractivity contribution in [1.82, 2.24) is 0 Å². The quantitative estimate of drug-likeness (QED) is 0.0214. The number of likely N-dealkylation sites (N-methyl/N-ethyl adjacent to an activating group) is 1. The van der Waals surface area contributed by atoms with Crippen molar-refractivity contribution in [1.29, 1.82) is 0 Å². The maximum atomic E-state index is 12.7. The van der Waals surface area contributed by atoms with Gasteiger partial charge in [-0.1, -0.05) is 147 Å². The number of quaternary nitrogens is 1. The first-order chi connectivity index (χ1) is 27.0. The molecule has 0 amide bonds. The van der Waals surface area contributed by atoms with Crippen LogP contribution >= 0.6 is 7.82 Å². The summed E-state index contributed by atoms with van der Waals surface area (Å²) in [5, 5.41) is 0. The highest BCUT2D eigenvalue weighted by Crippen LogP contribution is 2.43. The summed E-state index contributed by atoms with van der Waals surface area (Å²) in [6.45, 7) is 4.37. The maximum absolute atomic E-state index is 12.7. The molecule has 0 aromatic heterocycles. The Morgan fingerprint density at radius 1 is 0.554 bits per heavy atom. The molecule has 0 spiro atoms. The Hall–Kier alpha value is -1.77. The third kappa shape index (κ3) is 41.9. The molecule has 1 N–H and O–H groups in total. The van der Waals surface area contributed by atoms with Crippen LogP contribution in [0.3, 0.4) is 0 Å². The third-order valence-electron chi connectivity index (χ3n) is 9.64. The summed E-state index contributed by atoms with van der Waals surface area (Å²) in [7, 11) is 1.47. The van der Waals surface area contributed by atoms with Gasteiger partial charge in [0.2, 0.25) is 0 Å². The van der Waals surface area contributed by atoms with E-state index in [1.165, 1.54) is 96.3 Å². The van der Waals surface area contributed by atoms with Gasteiger partial charge in [0.15, 0.2) is 6.10 Å². The van der Waals surface area contributed by atoms with Crippen LogP contribution in [0.1, 0.15) is 194 Å². The average molecular weight is 813 g/mol. The van der Waals surface area contributed by atoms with E-state index in [0.717, 1.165) is 64.2 Å². The summed E-state index contributed by atoms with van der Waals surface area (Å²) in [5.74, 6) is -0.815. The lowest BCUT2D eigenvalue weighted by Gasteiger charge is -2.24. The number of allylic oxidation sites excluding steroid dienone is 6. The first-order valence-corrected chi connectivity index (χ1v) is 24.2. The molecule has 0 saturated carbocycles. The summed E-state index contributed by atoms with van der Waals surface area (Å²) in [6.07, 6.45) is 43.2. The fourth-order valence-corrected chi connectivity index (χ4v) is 6.78. The zero-order valence-corrected chi connectivity index (χ0v) is 37.8. The number of phosphoric ester groups is 1. The van der Waals surface area contributed by atoms with Crippen molar-refractivity contribution in [3.63, 3.8) is 0 Å². The molecule has 0 saturated heterocycles. The van der Waals surface area contributed by atoms with Crippen molar-refractivity contribution in [3.05, 3.63) is 36.5 Å². The summed E-state index contributed by atoms with van der Waals surface area (Å²) >= 11 is 0. The molecule has 10 heteroatoms. The van der Waals surface area contributed by atoms with Crippen molar-refractivity contribution >= 4 is 19.8 Å². The van der Waals surface area contributed by atoms with Crippen LogP contribution < -0.4 is 0 Å². The van der Waals surface area contributed by atoms with Gasteiger partial charge in [-0.25, -0.2) is 4.57 Å². The normalized spacial score (nSPS) is 13.9. The van der Waals surface area contributed by atoms with E-state index in [0.29, 0.717) is 17.4 Å². The lowest BCUT2D eigenvalue weighted by atomic mass is 10.1. The average Bonchev–Trinajstić information content (AvgIpc) is 3.15. The molecule has 0 radical (unpaired) electrons. The molecule has 0 aromatic rings. The first kappa shape index (κ1) is 54.2. The number of rotatable bonds is 41. The molecule has 0 heterocycles. The molecule has 56 heavy (non-hydrogen) atoms. The van der Waals surface area contributed by atoms with E-state index in [9.17, 15) is 19.0 Å². The number of hydrogen-bond acceptors (Lipinski definition) is 7. The van der Waals surface area contributed by atoms with Crippen LogP contribution in [0.2, 0.25) is 0 Å². The summed E-state index contributed by atoms with van der Waals surface area (Å²) < 4.78 is 34.3. The smallest absolute Gasteiger partial charge is 0.462 e. The highest BCUT2D eigenvalue weighted by Gasteiger charge is 2.27. The molecule has 0 bridgehead atoms. The lowest BCUT2D eigenvalue weighted by Crippen LogP contribution is -2.37. The van der Waals surface area contributed by atoms with Gasteiger partial charge in [0.25, 0.3) is 0 Å². The van der Waals surface area contributed by atoms with Crippen molar-refractivity contribution < 1.29 is 42.1 Å². The van der Waals surface area contributed by atoms with Crippen molar-refractivity contribution in [2.24, 2.45) is 0 Å². The molecule has 0 fully saturated rings. The lowest BCUT2D eigenvalue weighted by molar-refractivity contribution is -0.870. The molecule has 9 nitrogen and oxygen atoms in total. The van der Waals surface area contributed by atoms with Gasteiger partial charge in [-0.15, -0.1) is 0 Å². The standard InChI is InChI=1S/C46H86NO8P/c1-6-8-10-12-14-16-18-20-22-23-25-27-29-31-33-35-37-39-46(49)55-44(43-54-56(50,51)53-41-40-47(3,4)5)42-52-45(48)38-36-34-32-30-28-26-24-21-19-17-15-13-11-9-7-2/h15-18,21,24,44H,6-14,19-20,22-23,25-43H2,1-5H3/p+1/b17-15-,18-16-,24-21-/t44-/m1/s1. The molecular weight excluding hydrogens is 725 g/mol. The van der Waals surface area contributed by atoms with Gasteiger partial charge in [-0.05, 0) is 70.6 Å². The zero-order valence-electron chi connectivity index (χ0n) is 36.9. The van der Waals surface area contributed by atoms with Crippen LogP contribution in [-0.2, 0) is 32.7 Å². The second-order valence-corrected chi connectivity index (χ2v) is 17.9. The van der Waals surface area contributed by atoms with Crippen LogP contribution in [0, 0.1) is 0 Å². The number of carbonyl (C=O) groups excluding carboxylic acids is 2. The predicted octanol–water partition coefficient (Wildman–Crippen LogP) is 12.9. The summed E-state index contributed by atoms with van der Waals surface area (Å²) in [5.41, 5.74) is 0. The minimum absolute atomic E-state index is 0.0289. The van der Waals surface area contributed by atoms with Crippen LogP contribution in [0.25, 0.3) is 0 Å². The number of unbranched alkanes of at least 4 members (excludes halogenated alkanes) is 21. The second kappa shape index (κ2) is 38.7. The number of ether oxygens (including phenoxy) is 2. The molecule has 0 aliphatic carbocycles. The van der Waals surface area contributed by atoms with E-state index in [4.69, 9.17) is 18.5 Å². The van der Waals surface area contributed by atoms with E-state index in [2.05, 4.69) is 50.3 Å². The number of phosphoric acid groups is 1. The number of nitrogens with zero attached hydrogens (tertiary/aromatic N) is 1. The fraction of sp³-hybridized carbons (Fsp3) is 0.826. The van der Waals surface area contributed by atoms with Crippen molar-refractivity contribution in [3.8, 4) is 0 Å². The Morgan fingerprint density at radius 2 is 0.964 bits per heavy atom. The Labute approximate surface area is 344 Å². The Kier molecular flexibility index (Phi) is 37.5. The zero-order chi connectivity index (χ0) is 41.4. The van der Waals surface area contributed by atoms with E-state index in [1.54, 1.807) is 0 Å². The summed E-state index contributed by atoms with van der Waals surface area (Å²) in [4.78, 5) is 35.4. The first-order valence-electron chi connectivity index (χ1n) is 22.7. The number of carbonyl (C=O) groups is 2. The highest BCUT2D eigenvalue weighted by atomic mass is 31.2. The van der Waals surface area contributed by atoms with Gasteiger partial charge < -0.3 is 18.9 Å². The van der Waals surface area contributed by atoms with E-state index < -0.39 is 26.5 Å². The van der Waals surface area contributed by atoms with Crippen LogP contribution in [0.15, 0.2) is 36.5 Å². The summed E-state index contributed by atoms with van der Waals surface area (Å²) in [6, 6.07) is 0. The predicted molar refractivity (Wildman–Crippen MR) is 234 cm³/mol. The van der Waals surface area contributed by atoms with Gasteiger partial charge in [-0.3, -0.25) is 18.6 Å². The molecule has 0 rings (SSSR count). The van der Waals surface area contributed by atoms with E-state index in [1.807, 2.05) is 21.1 Å². The molecule has 2 atom stereocenters. The molecule has 0 aromatic carbocycles. The monoisotopic (exact) mass is 813 g/mol. The molecule has 1 unspecified atom stereocenters. The van der Waals surface area contributed by atoms with Gasteiger partial charge in [0.05, 0.1) is 27.7 Å². The molecule has 328 valence electrons.